The van der Waals surface area contributed by atoms with Crippen LogP contribution in [0.25, 0.3) is 0 Å². The van der Waals surface area contributed by atoms with Gasteiger partial charge in [-0.25, -0.2) is 0 Å². The fourth-order valence-electron chi connectivity index (χ4n) is 1.94. The maximum atomic E-state index is 10.7. The molecule has 0 spiro atoms. The van der Waals surface area contributed by atoms with Gasteiger partial charge in [-0.3, -0.25) is 15.0 Å². The first-order valence-corrected chi connectivity index (χ1v) is 6.54. The van der Waals surface area contributed by atoms with E-state index < -0.39 is 4.92 Å². The lowest BCUT2D eigenvalue weighted by Gasteiger charge is -2.26. The molecule has 1 aliphatic rings. The zero-order valence-electron chi connectivity index (χ0n) is 10.5. The Morgan fingerprint density at radius 1 is 1.42 bits per heavy atom. The van der Waals surface area contributed by atoms with E-state index in [1.807, 2.05) is 0 Å². The number of non-ortho nitro benzene ring substituents is 1. The molecule has 1 heterocycles. The second-order valence-corrected chi connectivity index (χ2v) is 4.72. The van der Waals surface area contributed by atoms with Gasteiger partial charge in [0, 0.05) is 38.8 Å². The van der Waals surface area contributed by atoms with Crippen LogP contribution in [0.15, 0.2) is 18.2 Å². The lowest BCUT2D eigenvalue weighted by molar-refractivity contribution is -0.384. The molecular formula is C12H16ClN3O3. The number of benzene rings is 1. The summed E-state index contributed by atoms with van der Waals surface area (Å²) in [5.41, 5.74) is -0.0124. The highest BCUT2D eigenvalue weighted by Gasteiger charge is 2.12. The van der Waals surface area contributed by atoms with Gasteiger partial charge in [0.05, 0.1) is 16.0 Å². The predicted octanol–water partition coefficient (Wildman–Crippen LogP) is 1.53. The third-order valence-electron chi connectivity index (χ3n) is 3.00. The van der Waals surface area contributed by atoms with Crippen LogP contribution < -0.4 is 10.1 Å². The average Bonchev–Trinajstić information content (AvgIpc) is 2.42. The monoisotopic (exact) mass is 285 g/mol. The van der Waals surface area contributed by atoms with Crippen LogP contribution in [0.3, 0.4) is 0 Å². The summed E-state index contributed by atoms with van der Waals surface area (Å²) in [6.07, 6.45) is 0. The van der Waals surface area contributed by atoms with Gasteiger partial charge < -0.3 is 10.1 Å². The molecule has 0 unspecified atom stereocenters. The molecule has 1 fully saturated rings. The molecule has 0 radical (unpaired) electrons. The van der Waals surface area contributed by atoms with Gasteiger partial charge in [-0.05, 0) is 6.07 Å². The maximum Gasteiger partial charge on any atom is 0.273 e. The van der Waals surface area contributed by atoms with Crippen molar-refractivity contribution in [3.05, 3.63) is 33.3 Å². The molecule has 0 aromatic heterocycles. The van der Waals surface area contributed by atoms with Crippen molar-refractivity contribution >= 4 is 17.3 Å². The summed E-state index contributed by atoms with van der Waals surface area (Å²) in [4.78, 5) is 12.5. The van der Waals surface area contributed by atoms with E-state index in [1.54, 1.807) is 0 Å². The summed E-state index contributed by atoms with van der Waals surface area (Å²) in [7, 11) is 0. The molecule has 1 aliphatic heterocycles. The van der Waals surface area contributed by atoms with E-state index in [9.17, 15) is 10.1 Å². The minimum absolute atomic E-state index is 0.0124. The number of nitrogens with one attached hydrogen (secondary N) is 1. The van der Waals surface area contributed by atoms with Crippen LogP contribution >= 0.6 is 11.6 Å². The molecule has 0 bridgehead atoms. The molecule has 2 rings (SSSR count). The third kappa shape index (κ3) is 4.05. The number of piperazine rings is 1. The number of nitrogens with zero attached hydrogens (tertiary/aromatic N) is 2. The van der Waals surface area contributed by atoms with E-state index in [4.69, 9.17) is 16.3 Å². The number of nitro benzene ring substituents is 1. The van der Waals surface area contributed by atoms with E-state index in [0.29, 0.717) is 17.4 Å². The minimum Gasteiger partial charge on any atom is -0.490 e. The molecule has 1 aromatic rings. The van der Waals surface area contributed by atoms with Crippen molar-refractivity contribution in [3.63, 3.8) is 0 Å². The van der Waals surface area contributed by atoms with Gasteiger partial charge in [0.2, 0.25) is 0 Å². The van der Waals surface area contributed by atoms with Crippen LogP contribution in [-0.2, 0) is 0 Å². The van der Waals surface area contributed by atoms with Gasteiger partial charge in [-0.15, -0.1) is 0 Å². The molecule has 0 aliphatic carbocycles. The molecule has 0 saturated carbocycles. The molecule has 6 nitrogen and oxygen atoms in total. The van der Waals surface area contributed by atoms with Crippen LogP contribution in [0.1, 0.15) is 0 Å². The van der Waals surface area contributed by atoms with Gasteiger partial charge >= 0.3 is 0 Å². The Morgan fingerprint density at radius 3 is 2.84 bits per heavy atom. The number of rotatable bonds is 5. The first-order chi connectivity index (χ1) is 9.16. The van der Waals surface area contributed by atoms with Crippen molar-refractivity contribution in [1.82, 2.24) is 10.2 Å². The number of ether oxygens (including phenoxy) is 1. The van der Waals surface area contributed by atoms with Gasteiger partial charge in [-0.2, -0.15) is 0 Å². The van der Waals surface area contributed by atoms with Crippen LogP contribution in [0, 0.1) is 10.1 Å². The molecule has 1 saturated heterocycles. The third-order valence-corrected chi connectivity index (χ3v) is 3.31. The van der Waals surface area contributed by atoms with Crippen LogP contribution in [0.4, 0.5) is 5.69 Å². The van der Waals surface area contributed by atoms with Crippen molar-refractivity contribution in [2.75, 3.05) is 39.3 Å². The zero-order valence-corrected chi connectivity index (χ0v) is 11.2. The zero-order chi connectivity index (χ0) is 13.7. The second-order valence-electron chi connectivity index (χ2n) is 4.31. The molecule has 104 valence electrons. The molecule has 0 amide bonds. The Hall–Kier alpha value is -1.37. The number of hydrogen-bond acceptors (Lipinski definition) is 5. The fourth-order valence-corrected chi connectivity index (χ4v) is 2.11. The van der Waals surface area contributed by atoms with Crippen LogP contribution in [0.2, 0.25) is 5.02 Å². The Balaban J connectivity index is 1.87. The minimum atomic E-state index is -0.459. The SMILES string of the molecule is O=[N+]([O-])c1ccc(Cl)c(OCCN2CCNCC2)c1. The van der Waals surface area contributed by atoms with Crippen molar-refractivity contribution in [1.29, 1.82) is 0 Å². The van der Waals surface area contributed by atoms with Crippen LogP contribution in [0.5, 0.6) is 5.75 Å². The highest BCUT2D eigenvalue weighted by atomic mass is 35.5. The summed E-state index contributed by atoms with van der Waals surface area (Å²) < 4.78 is 5.53. The van der Waals surface area contributed by atoms with Crippen LogP contribution in [-0.4, -0.2) is 49.2 Å². The van der Waals surface area contributed by atoms with Gasteiger partial charge in [0.25, 0.3) is 5.69 Å². The van der Waals surface area contributed by atoms with Gasteiger partial charge in [0.1, 0.15) is 12.4 Å². The maximum absolute atomic E-state index is 10.7. The molecule has 1 aromatic carbocycles. The van der Waals surface area contributed by atoms with E-state index in [1.165, 1.54) is 18.2 Å². The highest BCUT2D eigenvalue weighted by Crippen LogP contribution is 2.28. The standard InChI is InChI=1S/C12H16ClN3O3/c13-11-2-1-10(16(17)18)9-12(11)19-8-7-15-5-3-14-4-6-15/h1-2,9,14H,3-8H2. The second kappa shape index (κ2) is 6.70. The van der Waals surface area contributed by atoms with Crippen molar-refractivity contribution in [2.24, 2.45) is 0 Å². The Bertz CT molecular complexity index is 450. The molecule has 7 heteroatoms. The van der Waals surface area contributed by atoms with Gasteiger partial charge in [0.15, 0.2) is 0 Å². The normalized spacial score (nSPS) is 16.3. The smallest absolute Gasteiger partial charge is 0.273 e. The lowest BCUT2D eigenvalue weighted by Crippen LogP contribution is -2.44. The van der Waals surface area contributed by atoms with Gasteiger partial charge in [-0.1, -0.05) is 11.6 Å². The lowest BCUT2D eigenvalue weighted by atomic mass is 10.3. The first kappa shape index (κ1) is 14.0. The number of nitro groups is 1. The Morgan fingerprint density at radius 2 is 2.16 bits per heavy atom. The largest absolute Gasteiger partial charge is 0.490 e. The predicted molar refractivity (Wildman–Crippen MR) is 72.9 cm³/mol. The van der Waals surface area contributed by atoms with Crippen molar-refractivity contribution in [3.8, 4) is 5.75 Å². The summed E-state index contributed by atoms with van der Waals surface area (Å²) in [6.45, 7) is 5.22. The highest BCUT2D eigenvalue weighted by molar-refractivity contribution is 6.32. The molecular weight excluding hydrogens is 270 g/mol. The number of hydrogen-bond donors (Lipinski definition) is 1. The molecule has 0 atom stereocenters. The van der Waals surface area contributed by atoms with E-state index in [-0.39, 0.29) is 5.69 Å². The fraction of sp³-hybridized carbons (Fsp3) is 0.500. The summed E-state index contributed by atoms with van der Waals surface area (Å²) >= 11 is 5.95. The van der Waals surface area contributed by atoms with Crippen molar-refractivity contribution in [2.45, 2.75) is 0 Å². The van der Waals surface area contributed by atoms with E-state index in [2.05, 4.69) is 10.2 Å². The Kier molecular flexibility index (Phi) is 4.95. The van der Waals surface area contributed by atoms with E-state index in [0.717, 1.165) is 32.7 Å². The van der Waals surface area contributed by atoms with Crippen molar-refractivity contribution < 1.29 is 9.66 Å². The molecule has 19 heavy (non-hydrogen) atoms. The average molecular weight is 286 g/mol. The summed E-state index contributed by atoms with van der Waals surface area (Å²) in [6, 6.07) is 4.21. The molecule has 1 N–H and O–H groups in total. The Labute approximate surface area is 116 Å². The summed E-state index contributed by atoms with van der Waals surface area (Å²) in [5.74, 6) is 0.367. The summed E-state index contributed by atoms with van der Waals surface area (Å²) in [5, 5.41) is 14.3. The quantitative estimate of drug-likeness (QED) is 0.656. The topological polar surface area (TPSA) is 67.6 Å². The first-order valence-electron chi connectivity index (χ1n) is 6.16. The van der Waals surface area contributed by atoms with E-state index >= 15 is 0 Å². The number of halogens is 1.